The minimum absolute atomic E-state index is 0. The SMILES string of the molecule is Cn1sc(Cl)cc1=O.[Ca+2].[Cl-].[Cl-]. The van der Waals surface area contributed by atoms with Crippen molar-refractivity contribution in [3.05, 3.63) is 20.8 Å². The molecule has 0 saturated carbocycles. The van der Waals surface area contributed by atoms with E-state index in [1.54, 1.807) is 7.05 Å². The van der Waals surface area contributed by atoms with Gasteiger partial charge in [0.1, 0.15) is 4.34 Å². The van der Waals surface area contributed by atoms with Crippen LogP contribution >= 0.6 is 23.1 Å². The molecule has 0 N–H and O–H groups in total. The van der Waals surface area contributed by atoms with Gasteiger partial charge in [0.2, 0.25) is 0 Å². The van der Waals surface area contributed by atoms with E-state index in [-0.39, 0.29) is 68.1 Å². The summed E-state index contributed by atoms with van der Waals surface area (Å²) in [6, 6.07) is 1.40. The van der Waals surface area contributed by atoms with Gasteiger partial charge < -0.3 is 24.8 Å². The standard InChI is InChI=1S/C4H4ClNOS.Ca.2ClH/c1-6-4(7)2-3(5)8-6;;;/h2H,1H3;;2*1H/q;+2;;/p-2. The van der Waals surface area contributed by atoms with Crippen LogP contribution in [0.15, 0.2) is 10.9 Å². The summed E-state index contributed by atoms with van der Waals surface area (Å²) in [6.45, 7) is 0. The molecule has 0 aliphatic heterocycles. The molecule has 0 aliphatic rings. The molecule has 0 aromatic carbocycles. The van der Waals surface area contributed by atoms with Gasteiger partial charge in [0.25, 0.3) is 5.56 Å². The quantitative estimate of drug-likeness (QED) is 0.427. The number of rotatable bonds is 0. The van der Waals surface area contributed by atoms with Gasteiger partial charge >= 0.3 is 37.7 Å². The Labute approximate surface area is 116 Å². The molecule has 0 amide bonds. The van der Waals surface area contributed by atoms with Crippen molar-refractivity contribution in [2.24, 2.45) is 7.05 Å². The molecule has 0 atom stereocenters. The molecule has 0 aliphatic carbocycles. The minimum Gasteiger partial charge on any atom is -1.00 e. The van der Waals surface area contributed by atoms with Crippen molar-refractivity contribution < 1.29 is 24.8 Å². The van der Waals surface area contributed by atoms with Crippen molar-refractivity contribution in [3.63, 3.8) is 0 Å². The summed E-state index contributed by atoms with van der Waals surface area (Å²) in [4.78, 5) is 10.5. The smallest absolute Gasteiger partial charge is 1.00 e. The molecule has 0 radical (unpaired) electrons. The van der Waals surface area contributed by atoms with Crippen LogP contribution in [0.1, 0.15) is 0 Å². The van der Waals surface area contributed by atoms with Gasteiger partial charge in [-0.05, 0) is 11.5 Å². The van der Waals surface area contributed by atoms with Crippen LogP contribution in [-0.4, -0.2) is 41.7 Å². The van der Waals surface area contributed by atoms with Crippen molar-refractivity contribution in [2.75, 3.05) is 0 Å². The maximum atomic E-state index is 10.5. The second-order valence-electron chi connectivity index (χ2n) is 1.38. The first kappa shape index (κ1) is 18.4. The summed E-state index contributed by atoms with van der Waals surface area (Å²) < 4.78 is 2.01. The van der Waals surface area contributed by atoms with E-state index in [0.717, 1.165) is 0 Å². The van der Waals surface area contributed by atoms with Gasteiger partial charge in [-0.25, -0.2) is 0 Å². The molecule has 1 heterocycles. The number of aryl methyl sites for hydroxylation is 1. The molecule has 0 unspecified atom stereocenters. The van der Waals surface area contributed by atoms with Crippen LogP contribution in [0.4, 0.5) is 0 Å². The number of hydrogen-bond acceptors (Lipinski definition) is 2. The number of aromatic nitrogens is 1. The van der Waals surface area contributed by atoms with E-state index in [0.29, 0.717) is 4.34 Å². The molecule has 0 bridgehead atoms. The largest absolute Gasteiger partial charge is 2.00 e. The van der Waals surface area contributed by atoms with Crippen LogP contribution in [0.3, 0.4) is 0 Å². The molecule has 7 heteroatoms. The molecule has 0 spiro atoms. The summed E-state index contributed by atoms with van der Waals surface area (Å²) in [5.41, 5.74) is -0.0417. The molecule has 2 nitrogen and oxygen atoms in total. The van der Waals surface area contributed by atoms with Crippen molar-refractivity contribution in [2.45, 2.75) is 0 Å². The molecule has 60 valence electrons. The fourth-order valence-corrected chi connectivity index (χ4v) is 1.35. The Morgan fingerprint density at radius 2 is 2.00 bits per heavy atom. The number of nitrogens with zero attached hydrogens (tertiary/aromatic N) is 1. The second kappa shape index (κ2) is 8.17. The van der Waals surface area contributed by atoms with Crippen LogP contribution in [0.2, 0.25) is 4.34 Å². The van der Waals surface area contributed by atoms with E-state index in [4.69, 9.17) is 11.6 Å². The van der Waals surface area contributed by atoms with Crippen LogP contribution in [0.5, 0.6) is 0 Å². The Balaban J connectivity index is -0.000000213. The van der Waals surface area contributed by atoms with Gasteiger partial charge in [0.15, 0.2) is 0 Å². The van der Waals surface area contributed by atoms with Gasteiger partial charge in [-0.2, -0.15) is 0 Å². The monoisotopic (exact) mass is 259 g/mol. The van der Waals surface area contributed by atoms with Gasteiger partial charge in [-0.1, -0.05) is 11.6 Å². The molecular weight excluding hydrogens is 257 g/mol. The van der Waals surface area contributed by atoms with Crippen molar-refractivity contribution in [1.82, 2.24) is 3.96 Å². The van der Waals surface area contributed by atoms with Gasteiger partial charge in [0, 0.05) is 13.1 Å². The van der Waals surface area contributed by atoms with Crippen molar-refractivity contribution in [3.8, 4) is 0 Å². The van der Waals surface area contributed by atoms with Gasteiger partial charge in [0.05, 0.1) is 0 Å². The summed E-state index contributed by atoms with van der Waals surface area (Å²) in [5, 5.41) is 0. The first-order valence-corrected chi connectivity index (χ1v) is 3.18. The third kappa shape index (κ3) is 5.75. The van der Waals surface area contributed by atoms with Crippen LogP contribution in [0, 0.1) is 0 Å². The summed E-state index contributed by atoms with van der Waals surface area (Å²) in [5.74, 6) is 0. The zero-order valence-corrected chi connectivity index (χ0v) is 11.0. The van der Waals surface area contributed by atoms with Crippen molar-refractivity contribution >= 4 is 60.9 Å². The third-order valence-electron chi connectivity index (χ3n) is 0.771. The van der Waals surface area contributed by atoms with E-state index in [1.165, 1.54) is 21.6 Å². The Kier molecular flexibility index (Phi) is 13.6. The van der Waals surface area contributed by atoms with Crippen LogP contribution in [-0.2, 0) is 7.05 Å². The zero-order chi connectivity index (χ0) is 6.15. The molecule has 1 aromatic heterocycles. The van der Waals surface area contributed by atoms with Crippen LogP contribution in [0.25, 0.3) is 0 Å². The molecular formula is C4H4CaCl3NOS. The van der Waals surface area contributed by atoms with E-state index in [2.05, 4.69) is 0 Å². The number of hydrogen-bond donors (Lipinski definition) is 0. The fraction of sp³-hybridized carbons (Fsp3) is 0.250. The second-order valence-corrected chi connectivity index (χ2v) is 3.18. The van der Waals surface area contributed by atoms with E-state index < -0.39 is 0 Å². The summed E-state index contributed by atoms with van der Waals surface area (Å²) in [7, 11) is 1.68. The van der Waals surface area contributed by atoms with E-state index >= 15 is 0 Å². The Morgan fingerprint density at radius 1 is 1.55 bits per heavy atom. The molecule has 11 heavy (non-hydrogen) atoms. The van der Waals surface area contributed by atoms with Gasteiger partial charge in [-0.15, -0.1) is 0 Å². The number of halogens is 3. The molecule has 1 aromatic rings. The predicted octanol–water partition coefficient (Wildman–Crippen LogP) is -5.27. The fourth-order valence-electron chi connectivity index (χ4n) is 0.390. The molecule has 0 fully saturated rings. The van der Waals surface area contributed by atoms with E-state index in [9.17, 15) is 4.79 Å². The maximum absolute atomic E-state index is 10.5. The Morgan fingerprint density at radius 3 is 2.09 bits per heavy atom. The Bertz CT molecular complexity index is 248. The molecule has 1 rings (SSSR count). The average Bonchev–Trinajstić information content (AvgIpc) is 1.85. The first-order valence-electron chi connectivity index (χ1n) is 2.03. The zero-order valence-electron chi connectivity index (χ0n) is 5.68. The average molecular weight is 261 g/mol. The molecule has 0 saturated heterocycles. The normalized spacial score (nSPS) is 7.09. The van der Waals surface area contributed by atoms with Crippen LogP contribution < -0.4 is 30.4 Å². The predicted molar refractivity (Wildman–Crippen MR) is 40.3 cm³/mol. The maximum Gasteiger partial charge on any atom is 2.00 e. The topological polar surface area (TPSA) is 22.0 Å². The summed E-state index contributed by atoms with van der Waals surface area (Å²) in [6.07, 6.45) is 0. The summed E-state index contributed by atoms with van der Waals surface area (Å²) >= 11 is 6.70. The minimum atomic E-state index is -0.0417. The Hall–Kier alpha value is 1.56. The van der Waals surface area contributed by atoms with E-state index in [1.807, 2.05) is 0 Å². The first-order chi connectivity index (χ1) is 3.70. The third-order valence-corrected chi connectivity index (χ3v) is 1.83. The van der Waals surface area contributed by atoms with Gasteiger partial charge in [-0.3, -0.25) is 8.75 Å². The van der Waals surface area contributed by atoms with Crippen molar-refractivity contribution in [1.29, 1.82) is 0 Å².